The molecule has 0 aliphatic rings. The van der Waals surface area contributed by atoms with E-state index in [-0.39, 0.29) is 5.97 Å². The predicted octanol–water partition coefficient (Wildman–Crippen LogP) is 1.20. The van der Waals surface area contributed by atoms with Crippen LogP contribution in [0.15, 0.2) is 36.8 Å². The van der Waals surface area contributed by atoms with Crippen molar-refractivity contribution in [3.63, 3.8) is 0 Å². The van der Waals surface area contributed by atoms with Gasteiger partial charge < -0.3 is 9.64 Å². The number of hydrogen-bond donors (Lipinski definition) is 0. The van der Waals surface area contributed by atoms with Gasteiger partial charge in [0.15, 0.2) is 0 Å². The van der Waals surface area contributed by atoms with Crippen molar-refractivity contribution in [1.82, 2.24) is 9.88 Å². The normalized spacial score (nSPS) is 10.3. The van der Waals surface area contributed by atoms with Crippen molar-refractivity contribution in [3.8, 4) is 0 Å². The minimum absolute atomic E-state index is 0.354. The second kappa shape index (κ2) is 5.80. The van der Waals surface area contributed by atoms with Gasteiger partial charge in [-0.25, -0.2) is 4.79 Å². The topological polar surface area (TPSA) is 42.4 Å². The Morgan fingerprint density at radius 3 is 3.07 bits per heavy atom. The lowest BCUT2D eigenvalue weighted by Crippen LogP contribution is -2.11. The lowest BCUT2D eigenvalue weighted by Gasteiger charge is -2.12. The Balaban J connectivity index is 2.46. The summed E-state index contributed by atoms with van der Waals surface area (Å²) in [6, 6.07) is 3.86. The maximum absolute atomic E-state index is 10.8. The van der Waals surface area contributed by atoms with E-state index in [4.69, 9.17) is 0 Å². The number of rotatable bonds is 4. The largest absolute Gasteiger partial charge is 0.466 e. The van der Waals surface area contributed by atoms with Crippen LogP contribution in [0.2, 0.25) is 0 Å². The molecule has 4 heteroatoms. The molecule has 0 radical (unpaired) electrons. The summed E-state index contributed by atoms with van der Waals surface area (Å²) in [7, 11) is 3.24. The quantitative estimate of drug-likeness (QED) is 0.548. The molecule has 1 aromatic heterocycles. The third-order valence-corrected chi connectivity index (χ3v) is 1.82. The molecule has 0 unspecified atom stereocenters. The third-order valence-electron chi connectivity index (χ3n) is 1.82. The molecular weight excluding hydrogens is 192 g/mol. The Morgan fingerprint density at radius 1 is 1.67 bits per heavy atom. The average molecular weight is 206 g/mol. The first-order chi connectivity index (χ1) is 7.22. The molecule has 15 heavy (non-hydrogen) atoms. The number of methoxy groups -OCH3 is 1. The van der Waals surface area contributed by atoms with Crippen LogP contribution in [0.25, 0.3) is 0 Å². The predicted molar refractivity (Wildman–Crippen MR) is 56.9 cm³/mol. The van der Waals surface area contributed by atoms with Crippen LogP contribution in [-0.2, 0) is 16.1 Å². The lowest BCUT2D eigenvalue weighted by molar-refractivity contribution is -0.134. The van der Waals surface area contributed by atoms with E-state index in [9.17, 15) is 4.79 Å². The van der Waals surface area contributed by atoms with E-state index in [0.29, 0.717) is 6.54 Å². The fraction of sp³-hybridized carbons (Fsp3) is 0.273. The molecule has 0 saturated carbocycles. The smallest absolute Gasteiger partial charge is 0.331 e. The summed E-state index contributed by atoms with van der Waals surface area (Å²) in [6.07, 6.45) is 6.59. The van der Waals surface area contributed by atoms with Gasteiger partial charge >= 0.3 is 5.97 Å². The maximum atomic E-state index is 10.8. The molecular formula is C11H14N2O2. The highest BCUT2D eigenvalue weighted by atomic mass is 16.5. The second-order valence-electron chi connectivity index (χ2n) is 3.12. The molecule has 0 bridgehead atoms. The Hall–Kier alpha value is -1.84. The van der Waals surface area contributed by atoms with E-state index >= 15 is 0 Å². The average Bonchev–Trinajstić information content (AvgIpc) is 2.27. The standard InChI is InChI=1S/C11H14N2O2/c1-13(7-5-11(14)15-2)9-10-4-3-6-12-8-10/h3-8H,9H2,1-2H3. The fourth-order valence-electron chi connectivity index (χ4n) is 1.09. The molecule has 80 valence electrons. The molecule has 0 amide bonds. The summed E-state index contributed by atoms with van der Waals surface area (Å²) in [4.78, 5) is 16.7. The highest BCUT2D eigenvalue weighted by Crippen LogP contribution is 2.00. The van der Waals surface area contributed by atoms with Crippen LogP contribution in [0.3, 0.4) is 0 Å². The van der Waals surface area contributed by atoms with Crippen molar-refractivity contribution >= 4 is 5.97 Å². The number of carbonyl (C=O) groups excluding carboxylic acids is 1. The van der Waals surface area contributed by atoms with E-state index in [2.05, 4.69) is 9.72 Å². The van der Waals surface area contributed by atoms with Gasteiger partial charge in [0, 0.05) is 38.3 Å². The van der Waals surface area contributed by atoms with Crippen molar-refractivity contribution in [2.45, 2.75) is 6.54 Å². The van der Waals surface area contributed by atoms with Crippen LogP contribution in [0.1, 0.15) is 5.56 Å². The molecule has 0 aliphatic carbocycles. The number of aromatic nitrogens is 1. The number of esters is 1. The van der Waals surface area contributed by atoms with Crippen LogP contribution in [0, 0.1) is 0 Å². The molecule has 4 nitrogen and oxygen atoms in total. The van der Waals surface area contributed by atoms with Gasteiger partial charge in [-0.05, 0) is 11.6 Å². The lowest BCUT2D eigenvalue weighted by atomic mass is 10.3. The molecule has 0 spiro atoms. The van der Waals surface area contributed by atoms with Crippen molar-refractivity contribution in [2.75, 3.05) is 14.2 Å². The second-order valence-corrected chi connectivity index (χ2v) is 3.12. The minimum Gasteiger partial charge on any atom is -0.466 e. The Bertz CT molecular complexity index is 336. The zero-order chi connectivity index (χ0) is 11.1. The SMILES string of the molecule is COC(=O)C=CN(C)Cc1cccnc1. The third kappa shape index (κ3) is 4.26. The van der Waals surface area contributed by atoms with Gasteiger partial charge in [-0.15, -0.1) is 0 Å². The summed E-state index contributed by atoms with van der Waals surface area (Å²) in [6.45, 7) is 0.710. The van der Waals surface area contributed by atoms with Gasteiger partial charge in [0.2, 0.25) is 0 Å². The van der Waals surface area contributed by atoms with E-state index < -0.39 is 0 Å². The molecule has 0 N–H and O–H groups in total. The fourth-order valence-corrected chi connectivity index (χ4v) is 1.09. The van der Waals surface area contributed by atoms with Gasteiger partial charge in [-0.2, -0.15) is 0 Å². The minimum atomic E-state index is -0.354. The van der Waals surface area contributed by atoms with Crippen molar-refractivity contribution in [2.24, 2.45) is 0 Å². The van der Waals surface area contributed by atoms with Crippen molar-refractivity contribution < 1.29 is 9.53 Å². The number of nitrogens with zero attached hydrogens (tertiary/aromatic N) is 2. The Morgan fingerprint density at radius 2 is 2.47 bits per heavy atom. The maximum Gasteiger partial charge on any atom is 0.331 e. The summed E-state index contributed by atoms with van der Waals surface area (Å²) in [5.41, 5.74) is 1.09. The van der Waals surface area contributed by atoms with Crippen molar-refractivity contribution in [1.29, 1.82) is 0 Å². The van der Waals surface area contributed by atoms with Crippen molar-refractivity contribution in [3.05, 3.63) is 42.4 Å². The number of hydrogen-bond acceptors (Lipinski definition) is 4. The molecule has 0 aromatic carbocycles. The van der Waals surface area contributed by atoms with E-state index in [1.807, 2.05) is 24.1 Å². The van der Waals surface area contributed by atoms with Gasteiger partial charge in [-0.3, -0.25) is 4.98 Å². The van der Waals surface area contributed by atoms with Crippen LogP contribution in [0.5, 0.6) is 0 Å². The van der Waals surface area contributed by atoms with Crippen LogP contribution in [0.4, 0.5) is 0 Å². The molecule has 0 saturated heterocycles. The summed E-state index contributed by atoms with van der Waals surface area (Å²) >= 11 is 0. The van der Waals surface area contributed by atoms with Gasteiger partial charge in [0.05, 0.1) is 7.11 Å². The monoisotopic (exact) mass is 206 g/mol. The number of carbonyl (C=O) groups is 1. The highest BCUT2D eigenvalue weighted by molar-refractivity contribution is 5.81. The summed E-state index contributed by atoms with van der Waals surface area (Å²) < 4.78 is 4.49. The van der Waals surface area contributed by atoms with E-state index in [1.165, 1.54) is 13.2 Å². The highest BCUT2D eigenvalue weighted by Gasteiger charge is 1.96. The van der Waals surface area contributed by atoms with Crippen LogP contribution in [-0.4, -0.2) is 30.0 Å². The first-order valence-corrected chi connectivity index (χ1v) is 4.57. The van der Waals surface area contributed by atoms with Crippen LogP contribution >= 0.6 is 0 Å². The van der Waals surface area contributed by atoms with Gasteiger partial charge in [-0.1, -0.05) is 6.07 Å². The first-order valence-electron chi connectivity index (χ1n) is 4.57. The first kappa shape index (κ1) is 11.2. The zero-order valence-corrected chi connectivity index (χ0v) is 8.88. The Labute approximate surface area is 89.2 Å². The molecule has 1 aromatic rings. The number of pyridine rings is 1. The van der Waals surface area contributed by atoms with Gasteiger partial charge in [0.25, 0.3) is 0 Å². The zero-order valence-electron chi connectivity index (χ0n) is 8.88. The molecule has 0 atom stereocenters. The van der Waals surface area contributed by atoms with E-state index in [1.54, 1.807) is 18.6 Å². The molecule has 0 fully saturated rings. The van der Waals surface area contributed by atoms with Gasteiger partial charge in [0.1, 0.15) is 0 Å². The molecule has 1 heterocycles. The number of ether oxygens (including phenoxy) is 1. The Kier molecular flexibility index (Phi) is 4.34. The molecule has 0 aliphatic heterocycles. The summed E-state index contributed by atoms with van der Waals surface area (Å²) in [5.74, 6) is -0.354. The molecule has 1 rings (SSSR count). The summed E-state index contributed by atoms with van der Waals surface area (Å²) in [5, 5.41) is 0. The van der Waals surface area contributed by atoms with Crippen LogP contribution < -0.4 is 0 Å². The van der Waals surface area contributed by atoms with E-state index in [0.717, 1.165) is 5.56 Å².